The van der Waals surface area contributed by atoms with Gasteiger partial charge in [0.05, 0.1) is 25.1 Å². The molecule has 1 N–H and O–H groups in total. The largest absolute Gasteiger partial charge is 0.378 e. The molecule has 150 valence electrons. The van der Waals surface area contributed by atoms with Crippen LogP contribution in [0.3, 0.4) is 0 Å². The van der Waals surface area contributed by atoms with Crippen LogP contribution in [0.5, 0.6) is 0 Å². The Kier molecular flexibility index (Phi) is 5.73. The molecule has 1 aliphatic heterocycles. The number of nitrogens with zero attached hydrogens (tertiary/aromatic N) is 3. The van der Waals surface area contributed by atoms with Gasteiger partial charge < -0.3 is 19.5 Å². The van der Waals surface area contributed by atoms with E-state index in [0.717, 1.165) is 16.0 Å². The number of aromatic nitrogens is 2. The Morgan fingerprint density at radius 2 is 1.97 bits per heavy atom. The van der Waals surface area contributed by atoms with Gasteiger partial charge >= 0.3 is 0 Å². The standard InChI is InChI=1S/C21H22N4O3S/c1-15-18(21(27)25-9-11-28-12-10-25)20(23-17(26)13-24-8-7-22-14-24)29-19(15)16-5-3-2-4-6-16/h2-8,14H,9-13H2,1H3,(H,23,26). The van der Waals surface area contributed by atoms with Gasteiger partial charge in [-0.25, -0.2) is 4.98 Å². The van der Waals surface area contributed by atoms with Crippen LogP contribution in [0.4, 0.5) is 5.00 Å². The smallest absolute Gasteiger partial charge is 0.257 e. The van der Waals surface area contributed by atoms with E-state index >= 15 is 0 Å². The topological polar surface area (TPSA) is 76.5 Å². The van der Waals surface area contributed by atoms with Gasteiger partial charge in [0.2, 0.25) is 5.91 Å². The second kappa shape index (κ2) is 8.59. The number of anilines is 1. The number of carbonyl (C=O) groups excluding carboxylic acids is 2. The molecule has 2 aromatic heterocycles. The first-order chi connectivity index (χ1) is 14.1. The number of benzene rings is 1. The lowest BCUT2D eigenvalue weighted by Crippen LogP contribution is -2.41. The van der Waals surface area contributed by atoms with Crippen LogP contribution in [0, 0.1) is 6.92 Å². The summed E-state index contributed by atoms with van der Waals surface area (Å²) in [6, 6.07) is 9.92. The lowest BCUT2D eigenvalue weighted by molar-refractivity contribution is -0.116. The normalized spacial score (nSPS) is 14.0. The summed E-state index contributed by atoms with van der Waals surface area (Å²) in [5, 5.41) is 3.54. The van der Waals surface area contributed by atoms with Crippen molar-refractivity contribution in [3.8, 4) is 10.4 Å². The number of morpholine rings is 1. The van der Waals surface area contributed by atoms with Crippen molar-refractivity contribution in [2.45, 2.75) is 13.5 Å². The Balaban J connectivity index is 1.67. The molecule has 0 spiro atoms. The van der Waals surface area contributed by atoms with Crippen LogP contribution in [-0.4, -0.2) is 52.6 Å². The Morgan fingerprint density at radius 3 is 2.66 bits per heavy atom. The van der Waals surface area contributed by atoms with Gasteiger partial charge in [-0.2, -0.15) is 0 Å². The molecule has 29 heavy (non-hydrogen) atoms. The summed E-state index contributed by atoms with van der Waals surface area (Å²) in [6.45, 7) is 4.25. The van der Waals surface area contributed by atoms with Crippen molar-refractivity contribution >= 4 is 28.2 Å². The number of ether oxygens (including phenoxy) is 1. The highest BCUT2D eigenvalue weighted by Gasteiger charge is 2.27. The van der Waals surface area contributed by atoms with Crippen molar-refractivity contribution < 1.29 is 14.3 Å². The zero-order chi connectivity index (χ0) is 20.2. The Labute approximate surface area is 172 Å². The van der Waals surface area contributed by atoms with Gasteiger partial charge in [-0.1, -0.05) is 30.3 Å². The molecule has 1 saturated heterocycles. The first-order valence-electron chi connectivity index (χ1n) is 9.45. The highest BCUT2D eigenvalue weighted by atomic mass is 32.1. The first kappa shape index (κ1) is 19.4. The first-order valence-corrected chi connectivity index (χ1v) is 10.3. The maximum Gasteiger partial charge on any atom is 0.257 e. The van der Waals surface area contributed by atoms with Crippen molar-refractivity contribution in [2.75, 3.05) is 31.6 Å². The quantitative estimate of drug-likeness (QED) is 0.702. The van der Waals surface area contributed by atoms with E-state index in [2.05, 4.69) is 10.3 Å². The predicted molar refractivity (Wildman–Crippen MR) is 112 cm³/mol. The molecule has 0 bridgehead atoms. The summed E-state index contributed by atoms with van der Waals surface area (Å²) in [5.41, 5.74) is 2.48. The van der Waals surface area contributed by atoms with Crippen LogP contribution >= 0.6 is 11.3 Å². The maximum absolute atomic E-state index is 13.3. The van der Waals surface area contributed by atoms with Gasteiger partial charge in [-0.05, 0) is 18.1 Å². The molecule has 1 aliphatic rings. The molecule has 0 aliphatic carbocycles. The summed E-state index contributed by atoms with van der Waals surface area (Å²) < 4.78 is 7.07. The van der Waals surface area contributed by atoms with E-state index in [1.54, 1.807) is 28.2 Å². The van der Waals surface area contributed by atoms with Gasteiger partial charge in [0.1, 0.15) is 11.5 Å². The SMILES string of the molecule is Cc1c(-c2ccccc2)sc(NC(=O)Cn2ccnc2)c1C(=O)N1CCOCC1. The second-order valence-corrected chi connectivity index (χ2v) is 7.83. The zero-order valence-electron chi connectivity index (χ0n) is 16.1. The van der Waals surface area contributed by atoms with Gasteiger partial charge in [-0.15, -0.1) is 11.3 Å². The van der Waals surface area contributed by atoms with Crippen LogP contribution in [0.1, 0.15) is 15.9 Å². The minimum absolute atomic E-state index is 0.0674. The van der Waals surface area contributed by atoms with E-state index in [0.29, 0.717) is 36.9 Å². The minimum Gasteiger partial charge on any atom is -0.378 e. The maximum atomic E-state index is 13.3. The Morgan fingerprint density at radius 1 is 1.21 bits per heavy atom. The Bertz CT molecular complexity index is 993. The molecule has 3 aromatic rings. The predicted octanol–water partition coefficient (Wildman–Crippen LogP) is 3.03. The van der Waals surface area contributed by atoms with Crippen LogP contribution in [-0.2, 0) is 16.1 Å². The van der Waals surface area contributed by atoms with E-state index in [1.165, 1.54) is 11.3 Å². The van der Waals surface area contributed by atoms with Crippen LogP contribution in [0.2, 0.25) is 0 Å². The highest BCUT2D eigenvalue weighted by Crippen LogP contribution is 2.40. The average molecular weight is 410 g/mol. The number of imidazole rings is 1. The van der Waals surface area contributed by atoms with Crippen molar-refractivity contribution in [1.82, 2.24) is 14.5 Å². The fraction of sp³-hybridized carbons (Fsp3) is 0.286. The average Bonchev–Trinajstić information content (AvgIpc) is 3.36. The highest BCUT2D eigenvalue weighted by molar-refractivity contribution is 7.20. The summed E-state index contributed by atoms with van der Waals surface area (Å²) in [4.78, 5) is 32.6. The van der Waals surface area contributed by atoms with Gasteiger partial charge in [-0.3, -0.25) is 9.59 Å². The number of hydrogen-bond acceptors (Lipinski definition) is 5. The number of hydrogen-bond donors (Lipinski definition) is 1. The van der Waals surface area contributed by atoms with Crippen LogP contribution in [0.25, 0.3) is 10.4 Å². The third kappa shape index (κ3) is 4.23. The molecule has 2 amide bonds. The Hall–Kier alpha value is -2.97. The molecular formula is C21H22N4O3S. The third-order valence-electron chi connectivity index (χ3n) is 4.83. The number of amides is 2. The van der Waals surface area contributed by atoms with Crippen molar-refractivity contribution in [1.29, 1.82) is 0 Å². The minimum atomic E-state index is -0.195. The molecule has 0 atom stereocenters. The number of rotatable bonds is 5. The molecule has 0 unspecified atom stereocenters. The third-order valence-corrected chi connectivity index (χ3v) is 6.09. The monoisotopic (exact) mass is 410 g/mol. The molecule has 0 saturated carbocycles. The summed E-state index contributed by atoms with van der Waals surface area (Å²) >= 11 is 1.44. The van der Waals surface area contributed by atoms with Crippen LogP contribution < -0.4 is 5.32 Å². The van der Waals surface area contributed by atoms with E-state index < -0.39 is 0 Å². The molecule has 7 nitrogen and oxygen atoms in total. The molecule has 0 radical (unpaired) electrons. The van der Waals surface area contributed by atoms with E-state index in [9.17, 15) is 9.59 Å². The van der Waals surface area contributed by atoms with Gasteiger partial charge in [0, 0.05) is 30.4 Å². The number of thiophene rings is 1. The summed E-state index contributed by atoms with van der Waals surface area (Å²) in [6.07, 6.45) is 4.95. The van der Waals surface area contributed by atoms with Crippen molar-refractivity contribution in [2.24, 2.45) is 0 Å². The molecule has 1 aromatic carbocycles. The van der Waals surface area contributed by atoms with Gasteiger partial charge in [0.15, 0.2) is 0 Å². The van der Waals surface area contributed by atoms with E-state index in [1.807, 2.05) is 37.3 Å². The number of carbonyl (C=O) groups is 2. The molecule has 4 rings (SSSR count). The van der Waals surface area contributed by atoms with E-state index in [-0.39, 0.29) is 18.4 Å². The zero-order valence-corrected chi connectivity index (χ0v) is 16.9. The molecular weight excluding hydrogens is 388 g/mol. The van der Waals surface area contributed by atoms with Crippen molar-refractivity contribution in [3.63, 3.8) is 0 Å². The lowest BCUT2D eigenvalue weighted by atomic mass is 10.1. The number of nitrogens with one attached hydrogen (secondary N) is 1. The fourth-order valence-corrected chi connectivity index (χ4v) is 4.58. The van der Waals surface area contributed by atoms with Gasteiger partial charge in [0.25, 0.3) is 5.91 Å². The van der Waals surface area contributed by atoms with E-state index in [4.69, 9.17) is 4.74 Å². The fourth-order valence-electron chi connectivity index (χ4n) is 3.36. The molecule has 8 heteroatoms. The van der Waals surface area contributed by atoms with Crippen molar-refractivity contribution in [3.05, 3.63) is 60.2 Å². The summed E-state index contributed by atoms with van der Waals surface area (Å²) in [5.74, 6) is -0.262. The lowest BCUT2D eigenvalue weighted by Gasteiger charge is -2.27. The second-order valence-electron chi connectivity index (χ2n) is 6.81. The van der Waals surface area contributed by atoms with Crippen LogP contribution in [0.15, 0.2) is 49.1 Å². The molecule has 3 heterocycles. The summed E-state index contributed by atoms with van der Waals surface area (Å²) in [7, 11) is 0. The molecule has 1 fully saturated rings.